The van der Waals surface area contributed by atoms with E-state index in [-0.39, 0.29) is 5.91 Å². The van der Waals surface area contributed by atoms with Crippen molar-refractivity contribution < 1.29 is 4.79 Å². The maximum absolute atomic E-state index is 11.7. The van der Waals surface area contributed by atoms with Crippen molar-refractivity contribution >= 4 is 17.7 Å². The van der Waals surface area contributed by atoms with Gasteiger partial charge in [-0.15, -0.1) is 0 Å². The van der Waals surface area contributed by atoms with E-state index in [4.69, 9.17) is 5.84 Å². The fourth-order valence-corrected chi connectivity index (χ4v) is 2.85. The van der Waals surface area contributed by atoms with Crippen LogP contribution in [-0.4, -0.2) is 46.5 Å². The van der Waals surface area contributed by atoms with E-state index in [0.717, 1.165) is 37.6 Å². The first-order valence-corrected chi connectivity index (χ1v) is 6.54. The smallest absolute Gasteiger partial charge is 0.239 e. The van der Waals surface area contributed by atoms with Gasteiger partial charge in [-0.25, -0.2) is 10.8 Å². The summed E-state index contributed by atoms with van der Waals surface area (Å²) in [6, 6.07) is 2.28. The first-order chi connectivity index (χ1) is 9.17. The molecule has 0 spiro atoms. The minimum Gasteiger partial charge on any atom is -0.353 e. The summed E-state index contributed by atoms with van der Waals surface area (Å²) >= 11 is 0. The number of anilines is 2. The summed E-state index contributed by atoms with van der Waals surface area (Å²) < 4.78 is 0. The van der Waals surface area contributed by atoms with Crippen LogP contribution in [0.2, 0.25) is 0 Å². The number of nitrogen functional groups attached to an aromatic ring is 1. The van der Waals surface area contributed by atoms with E-state index in [0.29, 0.717) is 18.4 Å². The molecule has 0 radical (unpaired) electrons. The minimum atomic E-state index is 0.285. The summed E-state index contributed by atoms with van der Waals surface area (Å²) in [5.41, 5.74) is 3.36. The number of rotatable bonds is 2. The number of nitrogens with zero attached hydrogens (tertiary/aromatic N) is 4. The van der Waals surface area contributed by atoms with Gasteiger partial charge < -0.3 is 9.80 Å². The molecule has 102 valence electrons. The molecule has 0 aliphatic carbocycles. The lowest BCUT2D eigenvalue weighted by atomic mass is 10.1. The number of amides is 1. The van der Waals surface area contributed by atoms with E-state index in [2.05, 4.69) is 20.3 Å². The number of hydrogen-bond donors (Lipinski definition) is 2. The van der Waals surface area contributed by atoms with E-state index in [9.17, 15) is 4.79 Å². The van der Waals surface area contributed by atoms with Crippen LogP contribution in [0.4, 0.5) is 11.8 Å². The molecular weight excluding hydrogens is 244 g/mol. The molecule has 0 bridgehead atoms. The summed E-state index contributed by atoms with van der Waals surface area (Å²) in [7, 11) is 0. The zero-order chi connectivity index (χ0) is 13.4. The van der Waals surface area contributed by atoms with Crippen molar-refractivity contribution in [1.29, 1.82) is 0 Å². The van der Waals surface area contributed by atoms with E-state index in [1.165, 1.54) is 0 Å². The largest absolute Gasteiger partial charge is 0.353 e. The maximum Gasteiger partial charge on any atom is 0.239 e. The van der Waals surface area contributed by atoms with E-state index in [1.54, 1.807) is 0 Å². The van der Waals surface area contributed by atoms with Gasteiger partial charge in [-0.1, -0.05) is 0 Å². The van der Waals surface area contributed by atoms with Crippen LogP contribution in [0.1, 0.15) is 18.5 Å². The molecule has 0 aromatic carbocycles. The normalized spacial score (nSPS) is 22.6. The van der Waals surface area contributed by atoms with Gasteiger partial charge >= 0.3 is 0 Å². The molecule has 1 aromatic rings. The van der Waals surface area contributed by atoms with Crippen LogP contribution >= 0.6 is 0 Å². The number of nitrogens with two attached hydrogens (primary N) is 1. The molecule has 1 unspecified atom stereocenters. The monoisotopic (exact) mass is 262 g/mol. The number of carbonyl (C=O) groups is 1. The zero-order valence-electron chi connectivity index (χ0n) is 11.0. The highest BCUT2D eigenvalue weighted by atomic mass is 16.2. The Morgan fingerprint density at radius 2 is 2.26 bits per heavy atom. The third kappa shape index (κ3) is 2.21. The van der Waals surface area contributed by atoms with Gasteiger partial charge in [-0.2, -0.15) is 4.98 Å². The fourth-order valence-electron chi connectivity index (χ4n) is 2.85. The van der Waals surface area contributed by atoms with Crippen molar-refractivity contribution in [2.45, 2.75) is 25.8 Å². The maximum atomic E-state index is 11.7. The van der Waals surface area contributed by atoms with Gasteiger partial charge in [-0.3, -0.25) is 10.2 Å². The molecule has 2 aliphatic rings. The SMILES string of the molecule is Cc1cc(N2CCN3C(=O)CCC3C2)nc(NN)n1. The molecule has 3 heterocycles. The number of piperazine rings is 1. The highest BCUT2D eigenvalue weighted by molar-refractivity contribution is 5.79. The Labute approximate surface area is 111 Å². The van der Waals surface area contributed by atoms with Crippen molar-refractivity contribution in [3.05, 3.63) is 11.8 Å². The molecular formula is C12H18N6O. The zero-order valence-corrected chi connectivity index (χ0v) is 11.0. The van der Waals surface area contributed by atoms with Crippen LogP contribution in [-0.2, 0) is 4.79 Å². The third-order valence-corrected chi connectivity index (χ3v) is 3.79. The summed E-state index contributed by atoms with van der Waals surface area (Å²) in [4.78, 5) is 24.4. The molecule has 1 aromatic heterocycles. The van der Waals surface area contributed by atoms with Gasteiger partial charge in [-0.05, 0) is 13.3 Å². The Morgan fingerprint density at radius 1 is 1.42 bits per heavy atom. The molecule has 3 rings (SSSR count). The minimum absolute atomic E-state index is 0.285. The van der Waals surface area contributed by atoms with Crippen LogP contribution in [0.15, 0.2) is 6.07 Å². The van der Waals surface area contributed by atoms with Crippen LogP contribution in [0.5, 0.6) is 0 Å². The Balaban J connectivity index is 1.80. The van der Waals surface area contributed by atoms with Crippen LogP contribution < -0.4 is 16.2 Å². The third-order valence-electron chi connectivity index (χ3n) is 3.79. The van der Waals surface area contributed by atoms with Crippen molar-refractivity contribution in [2.75, 3.05) is 30.0 Å². The number of aryl methyl sites for hydroxylation is 1. The predicted octanol–water partition coefficient (Wildman–Crippen LogP) is -0.118. The summed E-state index contributed by atoms with van der Waals surface area (Å²) in [6.45, 7) is 4.34. The molecule has 7 nitrogen and oxygen atoms in total. The number of hydrazine groups is 1. The average Bonchev–Trinajstić information content (AvgIpc) is 2.79. The van der Waals surface area contributed by atoms with Crippen LogP contribution in [0.3, 0.4) is 0 Å². The van der Waals surface area contributed by atoms with Crippen molar-refractivity contribution in [3.8, 4) is 0 Å². The second kappa shape index (κ2) is 4.65. The van der Waals surface area contributed by atoms with Crippen molar-refractivity contribution in [2.24, 2.45) is 5.84 Å². The van der Waals surface area contributed by atoms with Gasteiger partial charge in [0.1, 0.15) is 5.82 Å². The summed E-state index contributed by atoms with van der Waals surface area (Å²) in [6.07, 6.45) is 1.62. The molecule has 0 saturated carbocycles. The van der Waals surface area contributed by atoms with Crippen molar-refractivity contribution in [3.63, 3.8) is 0 Å². The lowest BCUT2D eigenvalue weighted by Crippen LogP contribution is -2.51. The Bertz CT molecular complexity index is 505. The number of nitrogens with one attached hydrogen (secondary N) is 1. The van der Waals surface area contributed by atoms with Gasteiger partial charge in [0.2, 0.25) is 11.9 Å². The second-order valence-electron chi connectivity index (χ2n) is 5.06. The van der Waals surface area contributed by atoms with E-state index < -0.39 is 0 Å². The standard InChI is InChI=1S/C12H18N6O/c1-8-6-10(15-12(14-8)16-13)17-4-5-18-9(7-17)2-3-11(18)19/h6,9H,2-5,7,13H2,1H3,(H,14,15,16). The van der Waals surface area contributed by atoms with Crippen LogP contribution in [0.25, 0.3) is 0 Å². The molecule has 1 atom stereocenters. The van der Waals surface area contributed by atoms with Gasteiger partial charge in [0.15, 0.2) is 0 Å². The Kier molecular flexibility index (Phi) is 2.98. The summed E-state index contributed by atoms with van der Waals surface area (Å²) in [5.74, 6) is 6.96. The first kappa shape index (κ1) is 12.2. The summed E-state index contributed by atoms with van der Waals surface area (Å²) in [5, 5.41) is 0. The van der Waals surface area contributed by atoms with Crippen molar-refractivity contribution in [1.82, 2.24) is 14.9 Å². The van der Waals surface area contributed by atoms with E-state index in [1.807, 2.05) is 17.9 Å². The lowest BCUT2D eigenvalue weighted by molar-refractivity contribution is -0.129. The molecule has 19 heavy (non-hydrogen) atoms. The first-order valence-electron chi connectivity index (χ1n) is 6.54. The Hall–Kier alpha value is -1.89. The number of hydrogen-bond acceptors (Lipinski definition) is 6. The average molecular weight is 262 g/mol. The van der Waals surface area contributed by atoms with E-state index >= 15 is 0 Å². The predicted molar refractivity (Wildman–Crippen MR) is 71.5 cm³/mol. The lowest BCUT2D eigenvalue weighted by Gasteiger charge is -2.38. The highest BCUT2D eigenvalue weighted by Gasteiger charge is 2.35. The molecule has 2 aliphatic heterocycles. The second-order valence-corrected chi connectivity index (χ2v) is 5.06. The van der Waals surface area contributed by atoms with Gasteiger partial charge in [0.05, 0.1) is 0 Å². The van der Waals surface area contributed by atoms with Gasteiger partial charge in [0.25, 0.3) is 0 Å². The molecule has 2 fully saturated rings. The highest BCUT2D eigenvalue weighted by Crippen LogP contribution is 2.25. The quantitative estimate of drug-likeness (QED) is 0.571. The number of fused-ring (bicyclic) bond motifs is 1. The van der Waals surface area contributed by atoms with Gasteiger partial charge in [0, 0.05) is 43.9 Å². The molecule has 1 amide bonds. The number of carbonyl (C=O) groups excluding carboxylic acids is 1. The molecule has 2 saturated heterocycles. The fraction of sp³-hybridized carbons (Fsp3) is 0.583. The van der Waals surface area contributed by atoms with Crippen LogP contribution in [0, 0.1) is 6.92 Å². The molecule has 7 heteroatoms. The Morgan fingerprint density at radius 3 is 3.05 bits per heavy atom. The topological polar surface area (TPSA) is 87.4 Å². The number of aromatic nitrogens is 2. The molecule has 3 N–H and O–H groups in total.